The van der Waals surface area contributed by atoms with Crippen molar-refractivity contribution in [3.63, 3.8) is 0 Å². The van der Waals surface area contributed by atoms with Crippen molar-refractivity contribution in [3.05, 3.63) is 58.1 Å². The fourth-order valence-corrected chi connectivity index (χ4v) is 3.43. The average Bonchev–Trinajstić information content (AvgIpc) is 2.74. The van der Waals surface area contributed by atoms with Crippen molar-refractivity contribution in [3.8, 4) is 11.5 Å². The zero-order valence-electron chi connectivity index (χ0n) is 18.9. The van der Waals surface area contributed by atoms with E-state index < -0.39 is 6.04 Å². The molecule has 172 valence electrons. The SMILES string of the molecule is CCOc1ccc(/C=N\NC(=O)[C@@H](CC(C)C)NC(=O)COc2ccccc2C)cc1Br. The van der Waals surface area contributed by atoms with Gasteiger partial charge in [-0.05, 0) is 77.5 Å². The molecule has 0 heterocycles. The highest BCUT2D eigenvalue weighted by molar-refractivity contribution is 9.10. The summed E-state index contributed by atoms with van der Waals surface area (Å²) in [6.45, 7) is 8.19. The number of carbonyl (C=O) groups excluding carboxylic acids is 2. The van der Waals surface area contributed by atoms with Gasteiger partial charge >= 0.3 is 0 Å². The Morgan fingerprint density at radius 1 is 1.12 bits per heavy atom. The first-order valence-electron chi connectivity index (χ1n) is 10.5. The zero-order chi connectivity index (χ0) is 23.5. The van der Waals surface area contributed by atoms with E-state index in [0.29, 0.717) is 18.8 Å². The minimum atomic E-state index is -0.716. The number of nitrogens with zero attached hydrogens (tertiary/aromatic N) is 1. The number of hydrazone groups is 1. The molecule has 0 saturated carbocycles. The van der Waals surface area contributed by atoms with E-state index >= 15 is 0 Å². The molecular formula is C24H30BrN3O4. The highest BCUT2D eigenvalue weighted by Crippen LogP contribution is 2.25. The molecule has 0 unspecified atom stereocenters. The summed E-state index contributed by atoms with van der Waals surface area (Å²) in [4.78, 5) is 25.0. The molecule has 7 nitrogen and oxygen atoms in total. The first-order valence-corrected chi connectivity index (χ1v) is 11.3. The number of carbonyl (C=O) groups is 2. The predicted octanol–water partition coefficient (Wildman–Crippen LogP) is 4.22. The third kappa shape index (κ3) is 8.34. The van der Waals surface area contributed by atoms with Crippen LogP contribution in [0.4, 0.5) is 0 Å². The van der Waals surface area contributed by atoms with Gasteiger partial charge in [-0.25, -0.2) is 5.43 Å². The third-order valence-corrected chi connectivity index (χ3v) is 5.08. The van der Waals surface area contributed by atoms with Crippen LogP contribution >= 0.6 is 15.9 Å². The molecule has 2 aromatic carbocycles. The standard InChI is InChI=1S/C24H30BrN3O4/c1-5-31-22-11-10-18(13-19(22)25)14-26-28-24(30)20(12-16(2)3)27-23(29)15-32-21-9-7-6-8-17(21)4/h6-11,13-14,16,20H,5,12,15H2,1-4H3,(H,27,29)(H,28,30)/b26-14-/t20-/m1/s1. The molecule has 0 bridgehead atoms. The number of aryl methyl sites for hydroxylation is 1. The van der Waals surface area contributed by atoms with Gasteiger partial charge in [0, 0.05) is 0 Å². The summed E-state index contributed by atoms with van der Waals surface area (Å²) in [5, 5.41) is 6.77. The lowest BCUT2D eigenvalue weighted by Crippen LogP contribution is -2.47. The van der Waals surface area contributed by atoms with Gasteiger partial charge in [0.15, 0.2) is 6.61 Å². The Morgan fingerprint density at radius 3 is 2.53 bits per heavy atom. The molecule has 0 aliphatic heterocycles. The van der Waals surface area contributed by atoms with Crippen LogP contribution < -0.4 is 20.2 Å². The molecule has 0 aliphatic rings. The predicted molar refractivity (Wildman–Crippen MR) is 129 cm³/mol. The monoisotopic (exact) mass is 503 g/mol. The molecule has 0 fully saturated rings. The Balaban J connectivity index is 1.93. The fourth-order valence-electron chi connectivity index (χ4n) is 2.92. The molecule has 2 rings (SSSR count). The summed E-state index contributed by atoms with van der Waals surface area (Å²) < 4.78 is 11.9. The number of halogens is 1. The Bertz CT molecular complexity index is 947. The van der Waals surface area contributed by atoms with Crippen molar-refractivity contribution in [2.45, 2.75) is 40.2 Å². The van der Waals surface area contributed by atoms with E-state index in [1.807, 2.05) is 64.1 Å². The number of ether oxygens (including phenoxy) is 2. The molecule has 2 N–H and O–H groups in total. The van der Waals surface area contributed by atoms with E-state index in [9.17, 15) is 9.59 Å². The zero-order valence-corrected chi connectivity index (χ0v) is 20.4. The number of rotatable bonds is 11. The van der Waals surface area contributed by atoms with E-state index in [0.717, 1.165) is 21.3 Å². The summed E-state index contributed by atoms with van der Waals surface area (Å²) in [6.07, 6.45) is 2.01. The lowest BCUT2D eigenvalue weighted by molar-refractivity contribution is -0.130. The van der Waals surface area contributed by atoms with E-state index in [-0.39, 0.29) is 24.3 Å². The maximum Gasteiger partial charge on any atom is 0.262 e. The largest absolute Gasteiger partial charge is 0.493 e. The smallest absolute Gasteiger partial charge is 0.262 e. The van der Waals surface area contributed by atoms with E-state index in [1.54, 1.807) is 6.07 Å². The molecule has 2 aromatic rings. The lowest BCUT2D eigenvalue weighted by Gasteiger charge is -2.19. The Kier molecular flexibility index (Phi) is 10.2. The van der Waals surface area contributed by atoms with Crippen molar-refractivity contribution in [2.24, 2.45) is 11.0 Å². The molecule has 0 radical (unpaired) electrons. The molecule has 0 saturated heterocycles. The molecule has 2 amide bonds. The number of benzene rings is 2. The van der Waals surface area contributed by atoms with Crippen molar-refractivity contribution in [1.29, 1.82) is 0 Å². The third-order valence-electron chi connectivity index (χ3n) is 4.46. The highest BCUT2D eigenvalue weighted by Gasteiger charge is 2.22. The maximum absolute atomic E-state index is 12.6. The van der Waals surface area contributed by atoms with Crippen LogP contribution in [-0.2, 0) is 9.59 Å². The molecular weight excluding hydrogens is 474 g/mol. The number of nitrogens with one attached hydrogen (secondary N) is 2. The second-order valence-electron chi connectivity index (χ2n) is 7.66. The average molecular weight is 504 g/mol. The van der Waals surface area contributed by atoms with Gasteiger partial charge in [-0.15, -0.1) is 0 Å². The van der Waals surface area contributed by atoms with Crippen molar-refractivity contribution < 1.29 is 19.1 Å². The van der Waals surface area contributed by atoms with Crippen LogP contribution in [0.1, 0.15) is 38.3 Å². The van der Waals surface area contributed by atoms with Crippen molar-refractivity contribution in [1.82, 2.24) is 10.7 Å². The Hall–Kier alpha value is -2.87. The van der Waals surface area contributed by atoms with E-state index in [2.05, 4.69) is 31.8 Å². The molecule has 0 aliphatic carbocycles. The number of hydrogen-bond donors (Lipinski definition) is 2. The second kappa shape index (κ2) is 12.9. The Labute approximate surface area is 197 Å². The van der Waals surface area contributed by atoms with E-state index in [1.165, 1.54) is 6.21 Å². The van der Waals surface area contributed by atoms with Crippen molar-refractivity contribution >= 4 is 34.0 Å². The van der Waals surface area contributed by atoms with Gasteiger partial charge in [0.25, 0.3) is 11.8 Å². The second-order valence-corrected chi connectivity index (χ2v) is 8.52. The number of hydrogen-bond acceptors (Lipinski definition) is 5. The summed E-state index contributed by atoms with van der Waals surface area (Å²) >= 11 is 3.45. The molecule has 32 heavy (non-hydrogen) atoms. The van der Waals surface area contributed by atoms with Crippen LogP contribution in [0.25, 0.3) is 0 Å². The number of amides is 2. The molecule has 8 heteroatoms. The summed E-state index contributed by atoms with van der Waals surface area (Å²) in [5.74, 6) is 0.826. The van der Waals surface area contributed by atoms with Gasteiger partial charge < -0.3 is 14.8 Å². The maximum atomic E-state index is 12.6. The van der Waals surface area contributed by atoms with Crippen LogP contribution in [0.3, 0.4) is 0 Å². The van der Waals surface area contributed by atoms with Gasteiger partial charge in [-0.1, -0.05) is 32.0 Å². The fraction of sp³-hybridized carbons (Fsp3) is 0.375. The van der Waals surface area contributed by atoms with Gasteiger partial charge in [-0.3, -0.25) is 9.59 Å². The van der Waals surface area contributed by atoms with Crippen LogP contribution in [0, 0.1) is 12.8 Å². The topological polar surface area (TPSA) is 89.0 Å². The van der Waals surface area contributed by atoms with Crippen LogP contribution in [0.15, 0.2) is 52.0 Å². The summed E-state index contributed by atoms with van der Waals surface area (Å²) in [7, 11) is 0. The van der Waals surface area contributed by atoms with Crippen LogP contribution in [0.5, 0.6) is 11.5 Å². The molecule has 0 spiro atoms. The van der Waals surface area contributed by atoms with Gasteiger partial charge in [0.1, 0.15) is 17.5 Å². The lowest BCUT2D eigenvalue weighted by atomic mass is 10.0. The van der Waals surface area contributed by atoms with Gasteiger partial charge in [0.05, 0.1) is 17.3 Å². The van der Waals surface area contributed by atoms with Gasteiger partial charge in [0.2, 0.25) is 0 Å². The minimum Gasteiger partial charge on any atom is -0.493 e. The Morgan fingerprint density at radius 2 is 1.88 bits per heavy atom. The van der Waals surface area contributed by atoms with Crippen molar-refractivity contribution in [2.75, 3.05) is 13.2 Å². The summed E-state index contributed by atoms with van der Waals surface area (Å²) in [5.41, 5.74) is 4.24. The normalized spacial score (nSPS) is 11.9. The highest BCUT2D eigenvalue weighted by atomic mass is 79.9. The van der Waals surface area contributed by atoms with Crippen LogP contribution in [0.2, 0.25) is 0 Å². The first-order chi connectivity index (χ1) is 15.3. The minimum absolute atomic E-state index is 0.170. The summed E-state index contributed by atoms with van der Waals surface area (Å²) in [6, 6.07) is 12.2. The number of para-hydroxylation sites is 1. The molecule has 0 aromatic heterocycles. The van der Waals surface area contributed by atoms with Gasteiger partial charge in [-0.2, -0.15) is 5.10 Å². The molecule has 1 atom stereocenters. The van der Waals surface area contributed by atoms with Crippen LogP contribution in [-0.4, -0.2) is 37.3 Å². The first kappa shape index (κ1) is 25.4. The quantitative estimate of drug-likeness (QED) is 0.355. The van der Waals surface area contributed by atoms with E-state index in [4.69, 9.17) is 9.47 Å².